The molecule has 0 aromatic heterocycles. The lowest BCUT2D eigenvalue weighted by molar-refractivity contribution is 0.0203. The maximum absolute atomic E-state index is 5.83. The summed E-state index contributed by atoms with van der Waals surface area (Å²) in [5.74, 6) is 1.97. The number of nitrogens with one attached hydrogen (secondary N) is 2. The predicted molar refractivity (Wildman–Crippen MR) is 128 cm³/mol. The summed E-state index contributed by atoms with van der Waals surface area (Å²) in [6, 6.07) is 8.68. The third-order valence-electron chi connectivity index (χ3n) is 4.93. The molecule has 1 atom stereocenters. The van der Waals surface area contributed by atoms with Crippen LogP contribution < -0.4 is 10.6 Å². The smallest absolute Gasteiger partial charge is 0.191 e. The zero-order valence-corrected chi connectivity index (χ0v) is 20.0. The quantitative estimate of drug-likeness (QED) is 0.219. The van der Waals surface area contributed by atoms with Crippen LogP contribution in [0.5, 0.6) is 0 Å². The van der Waals surface area contributed by atoms with E-state index in [0.717, 1.165) is 71.3 Å². The second-order valence-electron chi connectivity index (χ2n) is 7.45. The summed E-state index contributed by atoms with van der Waals surface area (Å²) >= 11 is 0. The molecule has 1 fully saturated rings. The summed E-state index contributed by atoms with van der Waals surface area (Å²) in [7, 11) is 0. The number of hydrogen-bond donors (Lipinski definition) is 2. The van der Waals surface area contributed by atoms with Crippen molar-refractivity contribution in [3.63, 3.8) is 0 Å². The van der Waals surface area contributed by atoms with Gasteiger partial charge in [-0.25, -0.2) is 0 Å². The van der Waals surface area contributed by atoms with E-state index < -0.39 is 0 Å². The minimum atomic E-state index is 0. The third kappa shape index (κ3) is 10.1. The average molecular weight is 503 g/mol. The van der Waals surface area contributed by atoms with Gasteiger partial charge in [-0.2, -0.15) is 0 Å². The summed E-state index contributed by atoms with van der Waals surface area (Å²) in [6.45, 7) is 12.4. The highest BCUT2D eigenvalue weighted by atomic mass is 127. The van der Waals surface area contributed by atoms with Crippen molar-refractivity contribution in [3.05, 3.63) is 35.4 Å². The maximum atomic E-state index is 5.83. The van der Waals surface area contributed by atoms with E-state index in [1.807, 2.05) is 0 Å². The summed E-state index contributed by atoms with van der Waals surface area (Å²) in [5, 5.41) is 6.74. The van der Waals surface area contributed by atoms with Crippen LogP contribution in [0.4, 0.5) is 0 Å². The van der Waals surface area contributed by atoms with Crippen LogP contribution in [0, 0.1) is 12.8 Å². The van der Waals surface area contributed by atoms with Crippen molar-refractivity contribution in [1.82, 2.24) is 10.6 Å². The number of benzene rings is 1. The molecule has 5 nitrogen and oxygen atoms in total. The zero-order valence-electron chi connectivity index (χ0n) is 17.7. The van der Waals surface area contributed by atoms with E-state index >= 15 is 0 Å². The number of hydrogen-bond acceptors (Lipinski definition) is 3. The molecule has 0 amide bonds. The molecule has 1 aliphatic heterocycles. The number of guanidine groups is 1. The van der Waals surface area contributed by atoms with Crippen molar-refractivity contribution in [2.24, 2.45) is 10.9 Å². The highest BCUT2D eigenvalue weighted by Crippen LogP contribution is 2.16. The molecule has 1 saturated heterocycles. The summed E-state index contributed by atoms with van der Waals surface area (Å²) in [4.78, 5) is 4.75. The molecule has 0 radical (unpaired) electrons. The van der Waals surface area contributed by atoms with Gasteiger partial charge in [0, 0.05) is 52.0 Å². The molecule has 160 valence electrons. The first-order valence-corrected chi connectivity index (χ1v) is 10.4. The van der Waals surface area contributed by atoms with E-state index in [0.29, 0.717) is 11.8 Å². The van der Waals surface area contributed by atoms with Gasteiger partial charge in [0.25, 0.3) is 0 Å². The van der Waals surface area contributed by atoms with Gasteiger partial charge in [-0.1, -0.05) is 36.8 Å². The Bertz CT molecular complexity index is 562. The van der Waals surface area contributed by atoms with Gasteiger partial charge in [0.15, 0.2) is 5.96 Å². The first-order chi connectivity index (χ1) is 13.2. The Hall–Kier alpha value is -0.860. The standard InChI is InChI=1S/C22H37N3O2.HI/c1-4-23-22(25-16-19(3)21-8-5-7-18(2)15-21)24-11-6-12-27-17-20-9-13-26-14-10-20;/h5,7-8,15,19-20H,4,6,9-14,16-17H2,1-3H3,(H2,23,24,25);1H. The third-order valence-corrected chi connectivity index (χ3v) is 4.93. The SMILES string of the molecule is CCNC(=NCC(C)c1cccc(C)c1)NCCCOCC1CCOCC1.I. The molecular formula is C22H38IN3O2. The summed E-state index contributed by atoms with van der Waals surface area (Å²) < 4.78 is 11.2. The number of rotatable bonds is 10. The molecule has 6 heteroatoms. The Kier molecular flexibility index (Phi) is 13.5. The van der Waals surface area contributed by atoms with E-state index in [-0.39, 0.29) is 24.0 Å². The van der Waals surface area contributed by atoms with Crippen LogP contribution in [-0.2, 0) is 9.47 Å². The van der Waals surface area contributed by atoms with Crippen LogP contribution >= 0.6 is 24.0 Å². The number of ether oxygens (including phenoxy) is 2. The largest absolute Gasteiger partial charge is 0.381 e. The lowest BCUT2D eigenvalue weighted by atomic mass is 10.00. The lowest BCUT2D eigenvalue weighted by Crippen LogP contribution is -2.38. The number of halogens is 1. The van der Waals surface area contributed by atoms with Crippen molar-refractivity contribution < 1.29 is 9.47 Å². The van der Waals surface area contributed by atoms with Gasteiger partial charge >= 0.3 is 0 Å². The van der Waals surface area contributed by atoms with Crippen LogP contribution in [0.1, 0.15) is 50.2 Å². The number of aryl methyl sites for hydroxylation is 1. The van der Waals surface area contributed by atoms with Crippen molar-refractivity contribution in [2.45, 2.75) is 46.0 Å². The van der Waals surface area contributed by atoms with E-state index in [1.54, 1.807) is 0 Å². The van der Waals surface area contributed by atoms with Crippen molar-refractivity contribution in [1.29, 1.82) is 0 Å². The zero-order chi connectivity index (χ0) is 19.3. The minimum Gasteiger partial charge on any atom is -0.381 e. The predicted octanol–water partition coefficient (Wildman–Crippen LogP) is 4.10. The van der Waals surface area contributed by atoms with Crippen molar-refractivity contribution in [3.8, 4) is 0 Å². The summed E-state index contributed by atoms with van der Waals surface area (Å²) in [6.07, 6.45) is 3.25. The fourth-order valence-corrected chi connectivity index (χ4v) is 3.20. The monoisotopic (exact) mass is 503 g/mol. The molecule has 1 aliphatic rings. The van der Waals surface area contributed by atoms with Crippen LogP contribution in [0.2, 0.25) is 0 Å². The molecule has 1 aromatic rings. The van der Waals surface area contributed by atoms with Crippen LogP contribution in [0.25, 0.3) is 0 Å². The van der Waals surface area contributed by atoms with E-state index in [2.05, 4.69) is 55.7 Å². The molecule has 28 heavy (non-hydrogen) atoms. The molecule has 0 spiro atoms. The fourth-order valence-electron chi connectivity index (χ4n) is 3.20. The molecule has 0 bridgehead atoms. The Balaban J connectivity index is 0.00000392. The number of aliphatic imine (C=N–C) groups is 1. The second kappa shape index (κ2) is 15.0. The van der Waals surface area contributed by atoms with E-state index in [9.17, 15) is 0 Å². The normalized spacial score (nSPS) is 16.3. The Labute approximate surface area is 188 Å². The van der Waals surface area contributed by atoms with E-state index in [4.69, 9.17) is 14.5 Å². The van der Waals surface area contributed by atoms with Gasteiger partial charge in [0.05, 0.1) is 0 Å². The topological polar surface area (TPSA) is 54.9 Å². The van der Waals surface area contributed by atoms with Gasteiger partial charge in [0.1, 0.15) is 0 Å². The Morgan fingerprint density at radius 3 is 2.79 bits per heavy atom. The maximum Gasteiger partial charge on any atom is 0.191 e. The van der Waals surface area contributed by atoms with Crippen LogP contribution in [-0.4, -0.2) is 52.0 Å². The van der Waals surface area contributed by atoms with Gasteiger partial charge < -0.3 is 20.1 Å². The first-order valence-electron chi connectivity index (χ1n) is 10.4. The highest BCUT2D eigenvalue weighted by Gasteiger charge is 2.13. The van der Waals surface area contributed by atoms with Crippen LogP contribution in [0.15, 0.2) is 29.3 Å². The van der Waals surface area contributed by atoms with Gasteiger partial charge in [-0.15, -0.1) is 24.0 Å². The van der Waals surface area contributed by atoms with E-state index in [1.165, 1.54) is 11.1 Å². The summed E-state index contributed by atoms with van der Waals surface area (Å²) in [5.41, 5.74) is 2.64. The minimum absolute atomic E-state index is 0. The molecule has 1 unspecified atom stereocenters. The first kappa shape index (κ1) is 25.2. The molecular weight excluding hydrogens is 465 g/mol. The Morgan fingerprint density at radius 2 is 2.07 bits per heavy atom. The van der Waals surface area contributed by atoms with Crippen LogP contribution in [0.3, 0.4) is 0 Å². The lowest BCUT2D eigenvalue weighted by Gasteiger charge is -2.21. The highest BCUT2D eigenvalue weighted by molar-refractivity contribution is 14.0. The molecule has 0 saturated carbocycles. The molecule has 1 aromatic carbocycles. The van der Waals surface area contributed by atoms with Gasteiger partial charge in [-0.05, 0) is 44.6 Å². The molecule has 1 heterocycles. The fraction of sp³-hybridized carbons (Fsp3) is 0.682. The number of nitrogens with zero attached hydrogens (tertiary/aromatic N) is 1. The molecule has 0 aliphatic carbocycles. The van der Waals surface area contributed by atoms with Gasteiger partial charge in [0.2, 0.25) is 0 Å². The molecule has 2 rings (SSSR count). The average Bonchev–Trinajstić information content (AvgIpc) is 2.69. The second-order valence-corrected chi connectivity index (χ2v) is 7.45. The van der Waals surface area contributed by atoms with Crippen molar-refractivity contribution >= 4 is 29.9 Å². The molecule has 2 N–H and O–H groups in total. The van der Waals surface area contributed by atoms with Crippen molar-refractivity contribution in [2.75, 3.05) is 46.1 Å². The van der Waals surface area contributed by atoms with Gasteiger partial charge in [-0.3, -0.25) is 4.99 Å². The Morgan fingerprint density at radius 1 is 1.29 bits per heavy atom.